The molecule has 0 saturated carbocycles. The number of β-amino-alcohol motifs (C(OH)–C–C–N with tert-alkyl or cyclic N) is 1. The lowest BCUT2D eigenvalue weighted by molar-refractivity contribution is -0.136. The highest BCUT2D eigenvalue weighted by atomic mass is 79.9. The average Bonchev–Trinajstić information content (AvgIpc) is 2.47. The number of nitrogens with zero attached hydrogens (tertiary/aromatic N) is 2. The summed E-state index contributed by atoms with van der Waals surface area (Å²) in [5, 5.41) is 10.6. The van der Waals surface area contributed by atoms with E-state index in [9.17, 15) is 9.90 Å². The molecule has 0 bridgehead atoms. The van der Waals surface area contributed by atoms with E-state index in [1.165, 1.54) is 0 Å². The molecule has 24 heavy (non-hydrogen) atoms. The molecular weight excluding hydrogens is 396 g/mol. The first kappa shape index (κ1) is 19.5. The van der Waals surface area contributed by atoms with Crippen molar-refractivity contribution in [1.82, 2.24) is 9.80 Å². The number of piperazine rings is 1. The van der Waals surface area contributed by atoms with Crippen molar-refractivity contribution < 1.29 is 14.6 Å². The van der Waals surface area contributed by atoms with Gasteiger partial charge < -0.3 is 14.7 Å². The van der Waals surface area contributed by atoms with Crippen molar-refractivity contribution >= 4 is 33.4 Å². The number of hydrogen-bond donors (Lipinski definition) is 1. The summed E-state index contributed by atoms with van der Waals surface area (Å²) in [6.45, 7) is 8.31. The number of rotatable bonds is 5. The summed E-state index contributed by atoms with van der Waals surface area (Å²) in [6.07, 6.45) is 0. The summed E-state index contributed by atoms with van der Waals surface area (Å²) in [4.78, 5) is 16.4. The van der Waals surface area contributed by atoms with Crippen molar-refractivity contribution in [3.05, 3.63) is 27.7 Å². The van der Waals surface area contributed by atoms with Gasteiger partial charge in [0.2, 0.25) is 0 Å². The molecule has 1 aromatic rings. The molecule has 134 valence electrons. The van der Waals surface area contributed by atoms with Crippen LogP contribution in [0.5, 0.6) is 5.75 Å². The van der Waals surface area contributed by atoms with Gasteiger partial charge >= 0.3 is 0 Å². The maximum Gasteiger partial charge on any atom is 0.260 e. The lowest BCUT2D eigenvalue weighted by Gasteiger charge is -2.42. The van der Waals surface area contributed by atoms with Crippen molar-refractivity contribution in [3.8, 4) is 5.75 Å². The molecule has 1 N–H and O–H groups in total. The number of ether oxygens (including phenoxy) is 1. The predicted molar refractivity (Wildman–Crippen MR) is 98.6 cm³/mol. The molecule has 0 aliphatic carbocycles. The van der Waals surface area contributed by atoms with Gasteiger partial charge in [-0.25, -0.2) is 0 Å². The third-order valence-corrected chi connectivity index (χ3v) is 4.81. The van der Waals surface area contributed by atoms with Gasteiger partial charge in [0.1, 0.15) is 5.75 Å². The van der Waals surface area contributed by atoms with Crippen LogP contribution in [-0.4, -0.2) is 65.2 Å². The van der Waals surface area contributed by atoms with Gasteiger partial charge in [-0.15, -0.1) is 0 Å². The summed E-state index contributed by atoms with van der Waals surface area (Å²) >= 11 is 9.27. The Hall–Kier alpha value is -0.820. The number of benzene rings is 1. The molecule has 7 heteroatoms. The second-order valence-corrected chi connectivity index (χ2v) is 8.13. The van der Waals surface area contributed by atoms with Crippen LogP contribution in [0.2, 0.25) is 5.02 Å². The molecule has 1 fully saturated rings. The predicted octanol–water partition coefficient (Wildman–Crippen LogP) is 2.78. The van der Waals surface area contributed by atoms with Gasteiger partial charge in [-0.3, -0.25) is 9.69 Å². The summed E-state index contributed by atoms with van der Waals surface area (Å²) in [5.41, 5.74) is -0.732. The van der Waals surface area contributed by atoms with E-state index in [2.05, 4.69) is 27.8 Å². The quantitative estimate of drug-likeness (QED) is 0.797. The highest BCUT2D eigenvalue weighted by Gasteiger charge is 2.29. The lowest BCUT2D eigenvalue weighted by Crippen LogP contribution is -2.57. The van der Waals surface area contributed by atoms with Crippen LogP contribution >= 0.6 is 27.5 Å². The monoisotopic (exact) mass is 418 g/mol. The molecule has 1 saturated heterocycles. The second-order valence-electron chi connectivity index (χ2n) is 6.84. The first-order valence-corrected chi connectivity index (χ1v) is 9.15. The molecule has 1 amide bonds. The third kappa shape index (κ3) is 5.62. The second kappa shape index (κ2) is 8.04. The average molecular weight is 420 g/mol. The fraction of sp³-hybridized carbons (Fsp3) is 0.588. The summed E-state index contributed by atoms with van der Waals surface area (Å²) in [5.74, 6) is 0.563. The van der Waals surface area contributed by atoms with Crippen molar-refractivity contribution in [3.63, 3.8) is 0 Å². The Balaban J connectivity index is 1.86. The molecule has 1 aliphatic rings. The van der Waals surface area contributed by atoms with Crippen LogP contribution in [0.3, 0.4) is 0 Å². The standard InChI is InChI=1S/C17H24BrClN2O3/c1-12-9-20(6-7-21(12)11-17(2,3)23)16(22)10-24-15-5-4-13(19)8-14(15)18/h4-5,8,12,23H,6-7,9-11H2,1-3H3/t12-/m1/s1. The zero-order valence-electron chi connectivity index (χ0n) is 14.3. The SMILES string of the molecule is C[C@@H]1CN(C(=O)COc2ccc(Cl)cc2Br)CCN1CC(C)(C)O. The zero-order chi connectivity index (χ0) is 17.9. The number of amides is 1. The first-order valence-electron chi connectivity index (χ1n) is 7.98. The van der Waals surface area contributed by atoms with Crippen molar-refractivity contribution in [2.45, 2.75) is 32.4 Å². The third-order valence-electron chi connectivity index (χ3n) is 3.95. The van der Waals surface area contributed by atoms with Crippen LogP contribution in [0, 0.1) is 0 Å². The Morgan fingerprint density at radius 3 is 2.75 bits per heavy atom. The lowest BCUT2D eigenvalue weighted by atomic mass is 10.1. The number of carbonyl (C=O) groups is 1. The molecule has 1 aromatic carbocycles. The molecule has 2 rings (SSSR count). The van der Waals surface area contributed by atoms with E-state index in [0.717, 1.165) is 11.0 Å². The Morgan fingerprint density at radius 1 is 1.46 bits per heavy atom. The number of carbonyl (C=O) groups excluding carboxylic acids is 1. The van der Waals surface area contributed by atoms with Gasteiger partial charge in [-0.1, -0.05) is 11.6 Å². The first-order chi connectivity index (χ1) is 11.2. The van der Waals surface area contributed by atoms with E-state index in [1.54, 1.807) is 32.0 Å². The number of halogens is 2. The fourth-order valence-corrected chi connectivity index (χ4v) is 3.57. The molecular formula is C17H24BrClN2O3. The number of aliphatic hydroxyl groups is 1. The van der Waals surface area contributed by atoms with Crippen molar-refractivity contribution in [2.75, 3.05) is 32.8 Å². The van der Waals surface area contributed by atoms with Gasteiger partial charge in [-0.2, -0.15) is 0 Å². The molecule has 0 unspecified atom stereocenters. The Kier molecular flexibility index (Phi) is 6.53. The molecule has 0 aromatic heterocycles. The van der Waals surface area contributed by atoms with E-state index >= 15 is 0 Å². The van der Waals surface area contributed by atoms with Crippen LogP contribution in [-0.2, 0) is 4.79 Å². The highest BCUT2D eigenvalue weighted by Crippen LogP contribution is 2.28. The van der Waals surface area contributed by atoms with Crippen LogP contribution in [0.1, 0.15) is 20.8 Å². The summed E-state index contributed by atoms with van der Waals surface area (Å²) < 4.78 is 6.33. The highest BCUT2D eigenvalue weighted by molar-refractivity contribution is 9.10. The maximum atomic E-state index is 12.4. The van der Waals surface area contributed by atoms with Crippen molar-refractivity contribution in [2.24, 2.45) is 0 Å². The van der Waals surface area contributed by atoms with E-state index in [1.807, 2.05) is 4.90 Å². The minimum Gasteiger partial charge on any atom is -0.483 e. The largest absolute Gasteiger partial charge is 0.483 e. The topological polar surface area (TPSA) is 53.0 Å². The molecule has 0 radical (unpaired) electrons. The van der Waals surface area contributed by atoms with Crippen LogP contribution in [0.25, 0.3) is 0 Å². The van der Waals surface area contributed by atoms with Crippen molar-refractivity contribution in [1.29, 1.82) is 0 Å². The van der Waals surface area contributed by atoms with E-state index in [-0.39, 0.29) is 18.6 Å². The van der Waals surface area contributed by atoms with E-state index in [4.69, 9.17) is 16.3 Å². The minimum atomic E-state index is -0.732. The molecule has 1 atom stereocenters. The van der Waals surface area contributed by atoms with Gasteiger partial charge in [0, 0.05) is 37.2 Å². The summed E-state index contributed by atoms with van der Waals surface area (Å²) in [7, 11) is 0. The summed E-state index contributed by atoms with van der Waals surface area (Å²) in [6, 6.07) is 5.41. The van der Waals surface area contributed by atoms with Gasteiger partial charge in [0.15, 0.2) is 6.61 Å². The normalized spacial score (nSPS) is 19.4. The van der Waals surface area contributed by atoms with E-state index in [0.29, 0.717) is 30.4 Å². The van der Waals surface area contributed by atoms with Gasteiger partial charge in [-0.05, 0) is 54.9 Å². The Morgan fingerprint density at radius 2 is 2.17 bits per heavy atom. The van der Waals surface area contributed by atoms with Gasteiger partial charge in [0.25, 0.3) is 5.91 Å². The Bertz CT molecular complexity index is 592. The van der Waals surface area contributed by atoms with Gasteiger partial charge in [0.05, 0.1) is 10.1 Å². The molecule has 1 aliphatic heterocycles. The smallest absolute Gasteiger partial charge is 0.260 e. The maximum absolute atomic E-state index is 12.4. The Labute approximate surface area is 156 Å². The fourth-order valence-electron chi connectivity index (χ4n) is 2.78. The van der Waals surface area contributed by atoms with Crippen LogP contribution in [0.4, 0.5) is 0 Å². The zero-order valence-corrected chi connectivity index (χ0v) is 16.6. The molecule has 0 spiro atoms. The number of hydrogen-bond acceptors (Lipinski definition) is 4. The molecule has 5 nitrogen and oxygen atoms in total. The van der Waals surface area contributed by atoms with Crippen LogP contribution < -0.4 is 4.74 Å². The van der Waals surface area contributed by atoms with E-state index < -0.39 is 5.60 Å². The van der Waals surface area contributed by atoms with Crippen LogP contribution in [0.15, 0.2) is 22.7 Å². The molecule has 1 heterocycles. The minimum absolute atomic E-state index is 0.00154.